The minimum absolute atomic E-state index is 0.471. The normalized spacial score (nSPS) is 35.5. The van der Waals surface area contributed by atoms with Crippen LogP contribution in [0.25, 0.3) is 0 Å². The number of nitrogens with zero attached hydrogens (tertiary/aromatic N) is 1. The molecule has 1 aliphatic carbocycles. The Kier molecular flexibility index (Phi) is 4.78. The molecule has 116 valence electrons. The fourth-order valence-electron chi connectivity index (χ4n) is 4.10. The van der Waals surface area contributed by atoms with Crippen molar-refractivity contribution in [3.05, 3.63) is 0 Å². The maximum absolute atomic E-state index is 11.7. The molecule has 0 amide bonds. The fraction of sp³-hybridized carbons (Fsp3) is 0.941. The van der Waals surface area contributed by atoms with E-state index >= 15 is 0 Å². The molecule has 1 heterocycles. The van der Waals surface area contributed by atoms with E-state index in [1.165, 1.54) is 32.1 Å². The Morgan fingerprint density at radius 2 is 1.95 bits per heavy atom. The van der Waals surface area contributed by atoms with Gasteiger partial charge in [0.25, 0.3) is 0 Å². The van der Waals surface area contributed by atoms with Gasteiger partial charge < -0.3 is 5.11 Å². The van der Waals surface area contributed by atoms with E-state index in [9.17, 15) is 9.90 Å². The molecule has 0 aromatic heterocycles. The van der Waals surface area contributed by atoms with Crippen LogP contribution < -0.4 is 0 Å². The van der Waals surface area contributed by atoms with Crippen LogP contribution in [0.1, 0.15) is 72.1 Å². The van der Waals surface area contributed by atoms with Crippen LogP contribution in [0.5, 0.6) is 0 Å². The molecule has 1 N–H and O–H groups in total. The third-order valence-corrected chi connectivity index (χ3v) is 5.80. The zero-order valence-electron chi connectivity index (χ0n) is 13.5. The van der Waals surface area contributed by atoms with Crippen LogP contribution >= 0.6 is 0 Å². The van der Waals surface area contributed by atoms with Crippen LogP contribution in [-0.4, -0.2) is 35.1 Å². The summed E-state index contributed by atoms with van der Waals surface area (Å²) in [4.78, 5) is 14.2. The van der Waals surface area contributed by atoms with Crippen molar-refractivity contribution in [3.8, 4) is 0 Å². The topological polar surface area (TPSA) is 40.5 Å². The highest BCUT2D eigenvalue weighted by Crippen LogP contribution is 2.39. The van der Waals surface area contributed by atoms with E-state index in [1.54, 1.807) is 0 Å². The SMILES string of the molecule is CCC1(C(=O)O)CCCN(C2CCCC(C)(C)CC2)C1. The molecule has 0 spiro atoms. The summed E-state index contributed by atoms with van der Waals surface area (Å²) in [5.74, 6) is -0.585. The van der Waals surface area contributed by atoms with Crippen LogP contribution in [0.4, 0.5) is 0 Å². The summed E-state index contributed by atoms with van der Waals surface area (Å²) in [6.07, 6.45) is 9.04. The van der Waals surface area contributed by atoms with Crippen molar-refractivity contribution in [2.75, 3.05) is 13.1 Å². The zero-order valence-corrected chi connectivity index (χ0v) is 13.5. The zero-order chi connectivity index (χ0) is 14.8. The van der Waals surface area contributed by atoms with Gasteiger partial charge in [0.1, 0.15) is 0 Å². The van der Waals surface area contributed by atoms with Crippen molar-refractivity contribution < 1.29 is 9.90 Å². The molecule has 20 heavy (non-hydrogen) atoms. The molecule has 1 saturated carbocycles. The van der Waals surface area contributed by atoms with E-state index in [1.807, 2.05) is 6.92 Å². The van der Waals surface area contributed by atoms with E-state index in [0.717, 1.165) is 32.4 Å². The molecule has 2 rings (SSSR count). The summed E-state index contributed by atoms with van der Waals surface area (Å²) in [7, 11) is 0. The number of likely N-dealkylation sites (tertiary alicyclic amines) is 1. The molecule has 2 fully saturated rings. The molecule has 2 atom stereocenters. The van der Waals surface area contributed by atoms with Gasteiger partial charge >= 0.3 is 5.97 Å². The smallest absolute Gasteiger partial charge is 0.310 e. The summed E-state index contributed by atoms with van der Waals surface area (Å²) < 4.78 is 0. The standard InChI is InChI=1S/C17H31NO2/c1-4-17(15(19)20)10-6-12-18(13-17)14-7-5-9-16(2,3)11-8-14/h14H,4-13H2,1-3H3,(H,19,20). The summed E-state index contributed by atoms with van der Waals surface area (Å²) in [5, 5.41) is 9.62. The third kappa shape index (κ3) is 3.36. The van der Waals surface area contributed by atoms with E-state index in [4.69, 9.17) is 0 Å². The Hall–Kier alpha value is -0.570. The van der Waals surface area contributed by atoms with Crippen molar-refractivity contribution in [1.29, 1.82) is 0 Å². The Bertz CT molecular complexity index is 353. The molecular formula is C17H31NO2. The first-order chi connectivity index (χ1) is 9.38. The minimum atomic E-state index is -0.585. The van der Waals surface area contributed by atoms with Gasteiger partial charge in [-0.15, -0.1) is 0 Å². The number of carboxylic acids is 1. The van der Waals surface area contributed by atoms with Crippen LogP contribution in [0.3, 0.4) is 0 Å². The first-order valence-electron chi connectivity index (χ1n) is 8.36. The van der Waals surface area contributed by atoms with Gasteiger partial charge in [-0.05, 0) is 56.9 Å². The average Bonchev–Trinajstić information content (AvgIpc) is 2.59. The Morgan fingerprint density at radius 3 is 2.60 bits per heavy atom. The van der Waals surface area contributed by atoms with Crippen molar-refractivity contribution in [1.82, 2.24) is 4.90 Å². The number of piperidine rings is 1. The molecular weight excluding hydrogens is 250 g/mol. The van der Waals surface area contributed by atoms with E-state index in [-0.39, 0.29) is 0 Å². The Morgan fingerprint density at radius 1 is 1.20 bits per heavy atom. The minimum Gasteiger partial charge on any atom is -0.481 e. The lowest BCUT2D eigenvalue weighted by Crippen LogP contribution is -2.51. The van der Waals surface area contributed by atoms with Crippen LogP contribution in [0.2, 0.25) is 0 Å². The van der Waals surface area contributed by atoms with Gasteiger partial charge in [-0.2, -0.15) is 0 Å². The molecule has 3 nitrogen and oxygen atoms in total. The van der Waals surface area contributed by atoms with Crippen molar-refractivity contribution >= 4 is 5.97 Å². The quantitative estimate of drug-likeness (QED) is 0.797. The molecule has 0 radical (unpaired) electrons. The highest BCUT2D eigenvalue weighted by molar-refractivity contribution is 5.75. The molecule has 0 aromatic carbocycles. The molecule has 0 aromatic rings. The molecule has 2 aliphatic rings. The predicted molar refractivity (Wildman–Crippen MR) is 81.8 cm³/mol. The van der Waals surface area contributed by atoms with Gasteiger partial charge in [-0.3, -0.25) is 9.69 Å². The second kappa shape index (κ2) is 6.05. The van der Waals surface area contributed by atoms with Crippen LogP contribution in [0.15, 0.2) is 0 Å². The highest BCUT2D eigenvalue weighted by Gasteiger charge is 2.42. The molecule has 0 bridgehead atoms. The Balaban J connectivity index is 2.03. The van der Waals surface area contributed by atoms with Gasteiger partial charge in [0.05, 0.1) is 5.41 Å². The average molecular weight is 281 g/mol. The fourth-order valence-corrected chi connectivity index (χ4v) is 4.10. The number of carboxylic acid groups (broad SMARTS) is 1. The first-order valence-corrected chi connectivity index (χ1v) is 8.36. The second-order valence-corrected chi connectivity index (χ2v) is 7.76. The maximum Gasteiger partial charge on any atom is 0.310 e. The van der Waals surface area contributed by atoms with Gasteiger partial charge in [-0.25, -0.2) is 0 Å². The van der Waals surface area contributed by atoms with Gasteiger partial charge in [0, 0.05) is 12.6 Å². The maximum atomic E-state index is 11.7. The second-order valence-electron chi connectivity index (χ2n) is 7.76. The summed E-state index contributed by atoms with van der Waals surface area (Å²) in [5.41, 5.74) is -0.0146. The molecule has 2 unspecified atom stereocenters. The van der Waals surface area contributed by atoms with Crippen molar-refractivity contribution in [2.24, 2.45) is 10.8 Å². The monoisotopic (exact) mass is 281 g/mol. The summed E-state index contributed by atoms with van der Waals surface area (Å²) in [6.45, 7) is 8.65. The van der Waals surface area contributed by atoms with E-state index in [2.05, 4.69) is 18.7 Å². The highest BCUT2D eigenvalue weighted by atomic mass is 16.4. The largest absolute Gasteiger partial charge is 0.481 e. The molecule has 3 heteroatoms. The van der Waals surface area contributed by atoms with Crippen LogP contribution in [-0.2, 0) is 4.79 Å². The third-order valence-electron chi connectivity index (χ3n) is 5.80. The predicted octanol–water partition coefficient (Wildman–Crippen LogP) is 3.92. The Labute approximate surface area is 123 Å². The number of hydrogen-bond donors (Lipinski definition) is 1. The first kappa shape index (κ1) is 15.8. The van der Waals surface area contributed by atoms with E-state index < -0.39 is 11.4 Å². The lowest BCUT2D eigenvalue weighted by atomic mass is 9.77. The molecule has 1 saturated heterocycles. The lowest BCUT2D eigenvalue weighted by molar-refractivity contribution is -0.153. The number of rotatable bonds is 3. The summed E-state index contributed by atoms with van der Waals surface area (Å²) in [6, 6.07) is 0.613. The van der Waals surface area contributed by atoms with Crippen molar-refractivity contribution in [2.45, 2.75) is 78.2 Å². The summed E-state index contributed by atoms with van der Waals surface area (Å²) >= 11 is 0. The van der Waals surface area contributed by atoms with E-state index in [0.29, 0.717) is 11.5 Å². The van der Waals surface area contributed by atoms with Crippen molar-refractivity contribution in [3.63, 3.8) is 0 Å². The van der Waals surface area contributed by atoms with Crippen LogP contribution in [0, 0.1) is 10.8 Å². The van der Waals surface area contributed by atoms with Gasteiger partial charge in [0.15, 0.2) is 0 Å². The number of carbonyl (C=O) groups is 1. The number of aliphatic carboxylic acids is 1. The van der Waals surface area contributed by atoms with Gasteiger partial charge in [0.2, 0.25) is 0 Å². The van der Waals surface area contributed by atoms with Gasteiger partial charge in [-0.1, -0.05) is 27.2 Å². The lowest BCUT2D eigenvalue weighted by Gasteiger charge is -2.43. The molecule has 1 aliphatic heterocycles. The number of hydrogen-bond acceptors (Lipinski definition) is 2.